The molecule has 0 amide bonds. The van der Waals surface area contributed by atoms with Crippen LogP contribution in [0.2, 0.25) is 0 Å². The van der Waals surface area contributed by atoms with Crippen molar-refractivity contribution in [3.63, 3.8) is 0 Å². The number of ketones is 1. The number of rotatable bonds is 15. The Morgan fingerprint density at radius 3 is 1.77 bits per heavy atom. The van der Waals surface area contributed by atoms with E-state index in [4.69, 9.17) is 56.8 Å². The Labute approximate surface area is 439 Å². The van der Waals surface area contributed by atoms with Gasteiger partial charge in [-0.15, -0.1) is 0 Å². The molecular formula is C55H82O20. The molecule has 25 atom stereocenters. The number of aliphatic hydroxyl groups excluding tert-OH is 4. The largest absolute Gasteiger partial charge is 0.458 e. The molecule has 422 valence electrons. The van der Waals surface area contributed by atoms with Crippen LogP contribution in [0.25, 0.3) is 0 Å². The normalized spacial score (nSPS) is 48.9. The zero-order chi connectivity index (χ0) is 53.9. The van der Waals surface area contributed by atoms with Gasteiger partial charge in [0.05, 0.1) is 54.9 Å². The lowest BCUT2D eigenvalue weighted by Crippen LogP contribution is -2.75. The van der Waals surface area contributed by atoms with Gasteiger partial charge in [-0.3, -0.25) is 4.79 Å². The molecule has 4 aliphatic heterocycles. The highest BCUT2D eigenvalue weighted by Gasteiger charge is 2.77. The smallest absolute Gasteiger partial charge is 0.338 e. The van der Waals surface area contributed by atoms with Gasteiger partial charge in [-0.25, -0.2) is 4.79 Å². The second-order valence-electron chi connectivity index (χ2n) is 23.0. The lowest BCUT2D eigenvalue weighted by molar-refractivity contribution is -0.357. The number of benzene rings is 1. The molecule has 3 saturated carbocycles. The summed E-state index contributed by atoms with van der Waals surface area (Å²) in [4.78, 5) is 27.0. The predicted molar refractivity (Wildman–Crippen MR) is 262 cm³/mol. The fourth-order valence-corrected chi connectivity index (χ4v) is 14.7. The van der Waals surface area contributed by atoms with Crippen molar-refractivity contribution >= 4 is 11.8 Å². The van der Waals surface area contributed by atoms with Crippen LogP contribution < -0.4 is 0 Å². The number of hydrogen-bond acceptors (Lipinski definition) is 20. The highest BCUT2D eigenvalue weighted by atomic mass is 16.8. The average Bonchev–Trinajstić information content (AvgIpc) is 3.79. The molecule has 4 heterocycles. The summed E-state index contributed by atoms with van der Waals surface area (Å²) in [6.45, 7) is 10.5. The Hall–Kier alpha value is -2.58. The van der Waals surface area contributed by atoms with Gasteiger partial charge in [-0.05, 0) is 90.2 Å². The van der Waals surface area contributed by atoms with Gasteiger partial charge in [0, 0.05) is 57.8 Å². The average molecular weight is 1060 g/mol. The molecule has 6 N–H and O–H groups in total. The molecule has 7 fully saturated rings. The van der Waals surface area contributed by atoms with Crippen molar-refractivity contribution < 1.29 is 97.1 Å². The summed E-state index contributed by atoms with van der Waals surface area (Å²) in [6, 6.07) is 8.73. The number of carbonyl (C=O) groups excluding carboxylic acids is 2. The van der Waals surface area contributed by atoms with E-state index in [1.165, 1.54) is 14.0 Å². The third kappa shape index (κ3) is 10.2. The van der Waals surface area contributed by atoms with Crippen LogP contribution in [0, 0.1) is 22.7 Å². The number of Topliss-reactive ketones (excluding diaryl/α,β-unsaturated/α-hetero) is 1. The van der Waals surface area contributed by atoms with E-state index in [0.29, 0.717) is 44.1 Å². The maximum atomic E-state index is 13.7. The van der Waals surface area contributed by atoms with Gasteiger partial charge >= 0.3 is 5.97 Å². The number of methoxy groups -OCH3 is 3. The molecule has 4 aliphatic carbocycles. The third-order valence-electron chi connectivity index (χ3n) is 19.0. The molecule has 4 saturated heterocycles. The number of hydrogen-bond donors (Lipinski definition) is 6. The van der Waals surface area contributed by atoms with Crippen molar-refractivity contribution in [1.82, 2.24) is 0 Å². The summed E-state index contributed by atoms with van der Waals surface area (Å²) in [7, 11) is 4.75. The summed E-state index contributed by atoms with van der Waals surface area (Å²) >= 11 is 0. The fourth-order valence-electron chi connectivity index (χ4n) is 14.7. The van der Waals surface area contributed by atoms with Crippen molar-refractivity contribution in [3.8, 4) is 0 Å². The van der Waals surface area contributed by atoms with E-state index in [2.05, 4.69) is 13.0 Å². The van der Waals surface area contributed by atoms with Gasteiger partial charge in [-0.1, -0.05) is 43.7 Å². The van der Waals surface area contributed by atoms with E-state index in [0.717, 1.165) is 5.57 Å². The first-order valence-electron chi connectivity index (χ1n) is 27.0. The molecular weight excluding hydrogens is 981 g/mol. The minimum atomic E-state index is -1.69. The Kier molecular flexibility index (Phi) is 17.1. The van der Waals surface area contributed by atoms with E-state index >= 15 is 0 Å². The zero-order valence-electron chi connectivity index (χ0n) is 44.8. The highest BCUT2D eigenvalue weighted by molar-refractivity contribution is 5.89. The first-order valence-corrected chi connectivity index (χ1v) is 27.0. The quantitative estimate of drug-likeness (QED) is 0.109. The summed E-state index contributed by atoms with van der Waals surface area (Å²) in [5.74, 6) is -1.68. The fraction of sp³-hybridized carbons (Fsp3) is 0.818. The second kappa shape index (κ2) is 22.5. The molecule has 9 rings (SSSR count). The standard InChI is InChI=1S/C55H82O20/c1-27(57)34-17-20-55(63)53(34,6)40(72-50(61)31-13-11-10-12-14-31)25-39-52(5)18-16-33(21-32(52)15-19-54(39,55)62)70-41-22-35(64-7)47(28(2)67-41)73-42-23-36(65-8)48(29(3)68-42)74-43-24-37(66-9)49(30(4)69-43)75-51-46(60)45(59)44(58)38(26-56)71-51/h10-15,28-30,33-49,51,56,58-60,62-63H,16-26H2,1-9H3/t28-,29-,30-,33+,34+,35+,36+,37-,38-,39-,40-,41+,42+,43+,44-,45+,46-,47-,48-,49+,51+,52+,53+,54+,55-/m1/s1. The Morgan fingerprint density at radius 1 is 0.693 bits per heavy atom. The Morgan fingerprint density at radius 2 is 1.24 bits per heavy atom. The summed E-state index contributed by atoms with van der Waals surface area (Å²) in [5, 5.41) is 66.7. The molecule has 0 bridgehead atoms. The van der Waals surface area contributed by atoms with E-state index in [1.807, 2.05) is 26.8 Å². The predicted octanol–water partition coefficient (Wildman–Crippen LogP) is 3.01. The van der Waals surface area contributed by atoms with Crippen molar-refractivity contribution in [2.75, 3.05) is 27.9 Å². The van der Waals surface area contributed by atoms with E-state index in [9.17, 15) is 40.2 Å². The first kappa shape index (κ1) is 57.1. The molecule has 1 aromatic rings. The SMILES string of the molecule is CO[C@H]1C[C@H](O[C@H]2CC[C@@]3(C)C(=CC[C@]4(O)[C@@H]3C[C@@H](OC(=O)c3ccccc3)[C@]3(C)[C@H](C(C)=O)CC[C@@]34O)C2)O[C@H](C)[C@H]1O[C@H]1C[C@H](OC)[C@H](O[C@H]2C[C@@H](OC)[C@@H](O[C@@H]3O[C@H](CO)[C@@H](O)[C@H](O)[C@H]3O)[C@@H](C)O2)[C@@H](C)O1. The van der Waals surface area contributed by atoms with Gasteiger partial charge in [0.1, 0.15) is 65.8 Å². The molecule has 20 nitrogen and oxygen atoms in total. The lowest BCUT2D eigenvalue weighted by Gasteiger charge is -2.66. The molecule has 0 radical (unpaired) electrons. The van der Waals surface area contributed by atoms with Crippen LogP contribution in [0.3, 0.4) is 0 Å². The number of ether oxygens (including phenoxy) is 12. The van der Waals surface area contributed by atoms with Gasteiger partial charge < -0.3 is 87.5 Å². The van der Waals surface area contributed by atoms with Gasteiger partial charge in [-0.2, -0.15) is 0 Å². The first-order chi connectivity index (χ1) is 35.6. The molecule has 20 heteroatoms. The van der Waals surface area contributed by atoms with Crippen molar-refractivity contribution in [2.24, 2.45) is 22.7 Å². The highest BCUT2D eigenvalue weighted by Crippen LogP contribution is 2.70. The maximum absolute atomic E-state index is 13.7. The van der Waals surface area contributed by atoms with Gasteiger partial charge in [0.2, 0.25) is 0 Å². The molecule has 0 unspecified atom stereocenters. The topological polar surface area (TPSA) is 266 Å². The van der Waals surface area contributed by atoms with Crippen LogP contribution >= 0.6 is 0 Å². The van der Waals surface area contributed by atoms with Crippen LogP contribution in [0.15, 0.2) is 42.0 Å². The zero-order valence-corrected chi connectivity index (χ0v) is 44.8. The number of aliphatic hydroxyl groups is 6. The third-order valence-corrected chi connectivity index (χ3v) is 19.0. The summed E-state index contributed by atoms with van der Waals surface area (Å²) in [6.07, 6.45) is -9.29. The monoisotopic (exact) mass is 1060 g/mol. The van der Waals surface area contributed by atoms with E-state index in [1.54, 1.807) is 45.4 Å². The van der Waals surface area contributed by atoms with Crippen molar-refractivity contribution in [3.05, 3.63) is 47.5 Å². The number of esters is 1. The van der Waals surface area contributed by atoms with E-state index in [-0.39, 0.29) is 37.6 Å². The van der Waals surface area contributed by atoms with Crippen LogP contribution in [0.5, 0.6) is 0 Å². The van der Waals surface area contributed by atoms with Crippen molar-refractivity contribution in [1.29, 1.82) is 0 Å². The number of carbonyl (C=O) groups is 2. The van der Waals surface area contributed by atoms with Crippen LogP contribution in [0.1, 0.15) is 116 Å². The lowest BCUT2D eigenvalue weighted by atomic mass is 9.43. The maximum Gasteiger partial charge on any atom is 0.338 e. The van der Waals surface area contributed by atoms with Gasteiger partial charge in [0.25, 0.3) is 0 Å². The van der Waals surface area contributed by atoms with Crippen LogP contribution in [-0.2, 0) is 61.6 Å². The molecule has 1 aromatic carbocycles. The summed E-state index contributed by atoms with van der Waals surface area (Å²) < 4.78 is 75.0. The second-order valence-corrected chi connectivity index (χ2v) is 23.0. The minimum Gasteiger partial charge on any atom is -0.458 e. The van der Waals surface area contributed by atoms with Crippen LogP contribution in [0.4, 0.5) is 0 Å². The van der Waals surface area contributed by atoms with Crippen LogP contribution in [-0.4, -0.2) is 198 Å². The van der Waals surface area contributed by atoms with Gasteiger partial charge in [0.15, 0.2) is 25.2 Å². The molecule has 0 spiro atoms. The summed E-state index contributed by atoms with van der Waals surface area (Å²) in [5.41, 5.74) is -3.51. The van der Waals surface area contributed by atoms with E-state index < -0.39 is 157 Å². The Bertz CT molecular complexity index is 2170. The Balaban J connectivity index is 0.804. The molecule has 75 heavy (non-hydrogen) atoms. The molecule has 0 aromatic heterocycles. The van der Waals surface area contributed by atoms with Crippen molar-refractivity contribution in [2.45, 2.75) is 234 Å². The minimum absolute atomic E-state index is 0.0936. The molecule has 8 aliphatic rings. The number of fused-ring (bicyclic) bond motifs is 5.